The molecule has 5 nitrogen and oxygen atoms in total. The summed E-state index contributed by atoms with van der Waals surface area (Å²) in [5, 5.41) is 6.26. The summed E-state index contributed by atoms with van der Waals surface area (Å²) in [5.41, 5.74) is 1.48. The zero-order chi connectivity index (χ0) is 16.1. The molecule has 0 aliphatic carbocycles. The van der Waals surface area contributed by atoms with Crippen LogP contribution in [0.25, 0.3) is 0 Å². The molecular weight excluding hydrogens is 322 g/mol. The molecule has 1 aromatic carbocycles. The molecule has 2 N–H and O–H groups in total. The van der Waals surface area contributed by atoms with Gasteiger partial charge in [-0.2, -0.15) is 0 Å². The minimum atomic E-state index is -0.435. The number of amidine groups is 1. The van der Waals surface area contributed by atoms with Crippen molar-refractivity contribution < 1.29 is 9.59 Å². The molecule has 1 saturated heterocycles. The number of anilines is 1. The van der Waals surface area contributed by atoms with Crippen molar-refractivity contribution in [3.05, 3.63) is 28.8 Å². The van der Waals surface area contributed by atoms with Gasteiger partial charge in [0.2, 0.25) is 11.8 Å². The highest BCUT2D eigenvalue weighted by atomic mass is 35.5. The van der Waals surface area contributed by atoms with E-state index in [0.29, 0.717) is 22.4 Å². The summed E-state index contributed by atoms with van der Waals surface area (Å²) < 4.78 is 0. The largest absolute Gasteiger partial charge is 0.326 e. The first-order valence-electron chi connectivity index (χ1n) is 7.08. The van der Waals surface area contributed by atoms with Crippen LogP contribution in [0, 0.1) is 6.92 Å². The number of benzene rings is 1. The number of thioether (sulfide) groups is 1. The van der Waals surface area contributed by atoms with Crippen LogP contribution in [0.5, 0.6) is 0 Å². The number of carbonyl (C=O) groups excluding carboxylic acids is 2. The van der Waals surface area contributed by atoms with Crippen molar-refractivity contribution in [2.75, 3.05) is 11.9 Å². The van der Waals surface area contributed by atoms with E-state index in [1.807, 2.05) is 13.8 Å². The molecule has 2 amide bonds. The van der Waals surface area contributed by atoms with Crippen molar-refractivity contribution in [2.24, 2.45) is 4.99 Å². The van der Waals surface area contributed by atoms with Crippen molar-refractivity contribution in [1.82, 2.24) is 5.32 Å². The maximum absolute atomic E-state index is 12.1. The first-order valence-corrected chi connectivity index (χ1v) is 8.34. The molecule has 1 aromatic rings. The molecule has 118 valence electrons. The van der Waals surface area contributed by atoms with Crippen LogP contribution >= 0.6 is 23.4 Å². The number of hydrogen-bond acceptors (Lipinski definition) is 4. The van der Waals surface area contributed by atoms with Gasteiger partial charge in [0.25, 0.3) is 0 Å². The second-order valence-electron chi connectivity index (χ2n) is 4.95. The molecule has 1 atom stereocenters. The molecule has 0 bridgehead atoms. The maximum atomic E-state index is 12.1. The van der Waals surface area contributed by atoms with Gasteiger partial charge in [0, 0.05) is 23.7 Å². The van der Waals surface area contributed by atoms with Gasteiger partial charge in [-0.1, -0.05) is 36.4 Å². The molecule has 0 aromatic heterocycles. The Morgan fingerprint density at radius 3 is 3.00 bits per heavy atom. The number of aliphatic imine (C=N–C) groups is 1. The second kappa shape index (κ2) is 7.65. The predicted molar refractivity (Wildman–Crippen MR) is 91.6 cm³/mol. The van der Waals surface area contributed by atoms with E-state index in [1.165, 1.54) is 11.8 Å². The van der Waals surface area contributed by atoms with Crippen molar-refractivity contribution in [2.45, 2.75) is 31.9 Å². The number of carbonyl (C=O) groups is 2. The SMILES string of the molecule is CCCN=C1NC(=O)[C@H](CC(=O)Nc2cccc(Cl)c2C)S1. The van der Waals surface area contributed by atoms with Gasteiger partial charge in [-0.15, -0.1) is 0 Å². The number of nitrogens with zero attached hydrogens (tertiary/aromatic N) is 1. The van der Waals surface area contributed by atoms with E-state index in [0.717, 1.165) is 12.0 Å². The fraction of sp³-hybridized carbons (Fsp3) is 0.400. The van der Waals surface area contributed by atoms with Gasteiger partial charge in [0.1, 0.15) is 5.25 Å². The average Bonchev–Trinajstić information content (AvgIpc) is 2.82. The smallest absolute Gasteiger partial charge is 0.240 e. The van der Waals surface area contributed by atoms with E-state index < -0.39 is 5.25 Å². The van der Waals surface area contributed by atoms with Gasteiger partial charge in [0.15, 0.2) is 5.17 Å². The quantitative estimate of drug-likeness (QED) is 0.866. The van der Waals surface area contributed by atoms with Crippen LogP contribution in [-0.4, -0.2) is 28.8 Å². The summed E-state index contributed by atoms with van der Waals surface area (Å²) in [4.78, 5) is 28.2. The van der Waals surface area contributed by atoms with E-state index in [9.17, 15) is 9.59 Å². The third-order valence-electron chi connectivity index (χ3n) is 3.17. The molecule has 0 radical (unpaired) electrons. The lowest BCUT2D eigenvalue weighted by Crippen LogP contribution is -2.28. The Kier molecular flexibility index (Phi) is 5.85. The number of rotatable bonds is 5. The third-order valence-corrected chi connectivity index (χ3v) is 4.70. The Morgan fingerprint density at radius 1 is 1.50 bits per heavy atom. The highest BCUT2D eigenvalue weighted by Crippen LogP contribution is 2.25. The van der Waals surface area contributed by atoms with Crippen LogP contribution in [0.4, 0.5) is 5.69 Å². The van der Waals surface area contributed by atoms with Crippen LogP contribution in [0.2, 0.25) is 5.02 Å². The summed E-state index contributed by atoms with van der Waals surface area (Å²) in [6.07, 6.45) is 1.02. The minimum absolute atomic E-state index is 0.105. The summed E-state index contributed by atoms with van der Waals surface area (Å²) in [6, 6.07) is 5.33. The van der Waals surface area contributed by atoms with Gasteiger partial charge in [-0.25, -0.2) is 0 Å². The van der Waals surface area contributed by atoms with Gasteiger partial charge in [-0.3, -0.25) is 14.6 Å². The number of hydrogen-bond donors (Lipinski definition) is 2. The Morgan fingerprint density at radius 2 is 2.27 bits per heavy atom. The maximum Gasteiger partial charge on any atom is 0.240 e. The highest BCUT2D eigenvalue weighted by molar-refractivity contribution is 8.15. The Balaban J connectivity index is 1.95. The minimum Gasteiger partial charge on any atom is -0.326 e. The van der Waals surface area contributed by atoms with Crippen molar-refractivity contribution in [1.29, 1.82) is 0 Å². The van der Waals surface area contributed by atoms with Crippen molar-refractivity contribution in [3.8, 4) is 0 Å². The first-order chi connectivity index (χ1) is 10.5. The van der Waals surface area contributed by atoms with E-state index >= 15 is 0 Å². The molecule has 2 rings (SSSR count). The molecule has 7 heteroatoms. The topological polar surface area (TPSA) is 70.6 Å². The first kappa shape index (κ1) is 16.8. The van der Waals surface area contributed by atoms with E-state index in [4.69, 9.17) is 11.6 Å². The van der Waals surface area contributed by atoms with Gasteiger partial charge >= 0.3 is 0 Å². The molecule has 22 heavy (non-hydrogen) atoms. The third kappa shape index (κ3) is 4.24. The fourth-order valence-electron chi connectivity index (χ4n) is 1.94. The van der Waals surface area contributed by atoms with Crippen molar-refractivity contribution >= 4 is 46.0 Å². The van der Waals surface area contributed by atoms with Crippen LogP contribution in [-0.2, 0) is 9.59 Å². The molecule has 0 spiro atoms. The molecular formula is C15H18ClN3O2S. The lowest BCUT2D eigenvalue weighted by atomic mass is 10.2. The van der Waals surface area contributed by atoms with Crippen LogP contribution in [0.1, 0.15) is 25.3 Å². The standard InChI is InChI=1S/C15H18ClN3O2S/c1-3-7-17-15-19-14(21)12(22-15)8-13(20)18-11-6-4-5-10(16)9(11)2/h4-6,12H,3,7-8H2,1-2H3,(H,18,20)(H,17,19,21)/t12-/m0/s1. The molecule has 1 heterocycles. The highest BCUT2D eigenvalue weighted by Gasteiger charge is 2.31. The number of halogens is 1. The summed E-state index contributed by atoms with van der Waals surface area (Å²) >= 11 is 7.33. The zero-order valence-corrected chi connectivity index (χ0v) is 14.1. The van der Waals surface area contributed by atoms with Crippen LogP contribution in [0.3, 0.4) is 0 Å². The normalized spacial score (nSPS) is 19.3. The van der Waals surface area contributed by atoms with E-state index in [1.54, 1.807) is 18.2 Å². The molecule has 0 saturated carbocycles. The average molecular weight is 340 g/mol. The fourth-order valence-corrected chi connectivity index (χ4v) is 3.11. The van der Waals surface area contributed by atoms with Crippen LogP contribution in [0.15, 0.2) is 23.2 Å². The Hall–Kier alpha value is -1.53. The number of amides is 2. The van der Waals surface area contributed by atoms with Gasteiger partial charge in [0.05, 0.1) is 0 Å². The van der Waals surface area contributed by atoms with E-state index in [2.05, 4.69) is 15.6 Å². The molecule has 1 aliphatic heterocycles. The van der Waals surface area contributed by atoms with Gasteiger partial charge in [-0.05, 0) is 31.0 Å². The van der Waals surface area contributed by atoms with Crippen molar-refractivity contribution in [3.63, 3.8) is 0 Å². The number of nitrogens with one attached hydrogen (secondary N) is 2. The predicted octanol–water partition coefficient (Wildman–Crippen LogP) is 2.97. The lowest BCUT2D eigenvalue weighted by molar-refractivity contribution is -0.122. The monoisotopic (exact) mass is 339 g/mol. The summed E-state index contributed by atoms with van der Waals surface area (Å²) in [5.74, 6) is -0.382. The van der Waals surface area contributed by atoms with Gasteiger partial charge < -0.3 is 10.6 Å². The van der Waals surface area contributed by atoms with E-state index in [-0.39, 0.29) is 18.2 Å². The van der Waals surface area contributed by atoms with Crippen LogP contribution < -0.4 is 10.6 Å². The lowest BCUT2D eigenvalue weighted by Gasteiger charge is -2.10. The molecule has 1 fully saturated rings. The summed E-state index contributed by atoms with van der Waals surface area (Å²) in [7, 11) is 0. The molecule has 1 aliphatic rings. The second-order valence-corrected chi connectivity index (χ2v) is 6.55. The zero-order valence-electron chi connectivity index (χ0n) is 12.5. The molecule has 0 unspecified atom stereocenters. The Labute approximate surface area is 138 Å². The Bertz CT molecular complexity index is 619. The summed E-state index contributed by atoms with van der Waals surface area (Å²) in [6.45, 7) is 4.53.